The fourth-order valence-electron chi connectivity index (χ4n) is 3.07. The van der Waals surface area contributed by atoms with Crippen LogP contribution in [0.3, 0.4) is 0 Å². The van der Waals surface area contributed by atoms with E-state index in [9.17, 15) is 4.79 Å². The summed E-state index contributed by atoms with van der Waals surface area (Å²) in [4.78, 5) is 11.9. The second-order valence-electron chi connectivity index (χ2n) is 7.23. The van der Waals surface area contributed by atoms with Crippen molar-refractivity contribution in [3.63, 3.8) is 0 Å². The summed E-state index contributed by atoms with van der Waals surface area (Å²) in [6, 6.07) is 0.289. The highest BCUT2D eigenvalue weighted by Crippen LogP contribution is 2.26. The van der Waals surface area contributed by atoms with Gasteiger partial charge in [-0.1, -0.05) is 34.1 Å². The monoisotopic (exact) mass is 254 g/mol. The maximum absolute atomic E-state index is 11.9. The molecule has 3 heteroatoms. The Kier molecular flexibility index (Phi) is 5.64. The van der Waals surface area contributed by atoms with Crippen LogP contribution in [-0.4, -0.2) is 18.5 Å². The molecular weight excluding hydrogens is 224 g/mol. The van der Waals surface area contributed by atoms with Crippen molar-refractivity contribution in [1.29, 1.82) is 0 Å². The fourth-order valence-corrected chi connectivity index (χ4v) is 3.07. The molecule has 0 spiro atoms. The highest BCUT2D eigenvalue weighted by atomic mass is 16.1. The molecule has 3 nitrogen and oxygen atoms in total. The SMILES string of the molecule is CC(CC(=O)NCC1CCCC1N)CC(C)(C)C. The Labute approximate surface area is 112 Å². The van der Waals surface area contributed by atoms with Gasteiger partial charge in [0.05, 0.1) is 0 Å². The van der Waals surface area contributed by atoms with Gasteiger partial charge in [0.2, 0.25) is 5.91 Å². The van der Waals surface area contributed by atoms with Gasteiger partial charge in [0.1, 0.15) is 0 Å². The Bertz CT molecular complexity index is 270. The van der Waals surface area contributed by atoms with E-state index >= 15 is 0 Å². The summed E-state index contributed by atoms with van der Waals surface area (Å²) in [6.45, 7) is 9.59. The first kappa shape index (κ1) is 15.5. The van der Waals surface area contributed by atoms with Gasteiger partial charge in [-0.05, 0) is 36.5 Å². The minimum absolute atomic E-state index is 0.186. The molecule has 1 aliphatic carbocycles. The molecule has 0 radical (unpaired) electrons. The summed E-state index contributed by atoms with van der Waals surface area (Å²) in [6.07, 6.45) is 5.21. The molecule has 106 valence electrons. The summed E-state index contributed by atoms with van der Waals surface area (Å²) < 4.78 is 0. The first-order chi connectivity index (χ1) is 8.28. The second kappa shape index (κ2) is 6.55. The molecule has 0 aliphatic heterocycles. The molecule has 0 aromatic rings. The third-order valence-corrected chi connectivity index (χ3v) is 3.77. The highest BCUT2D eigenvalue weighted by Gasteiger charge is 2.24. The lowest BCUT2D eigenvalue weighted by Crippen LogP contribution is -2.36. The molecular formula is C15H30N2O. The van der Waals surface area contributed by atoms with Crippen LogP contribution < -0.4 is 11.1 Å². The van der Waals surface area contributed by atoms with Crippen molar-refractivity contribution in [3.8, 4) is 0 Å². The van der Waals surface area contributed by atoms with Gasteiger partial charge >= 0.3 is 0 Å². The van der Waals surface area contributed by atoms with Gasteiger partial charge in [-0.15, -0.1) is 0 Å². The van der Waals surface area contributed by atoms with E-state index in [1.807, 2.05) is 0 Å². The molecule has 0 aromatic heterocycles. The first-order valence-corrected chi connectivity index (χ1v) is 7.30. The Balaban J connectivity index is 2.21. The van der Waals surface area contributed by atoms with Crippen LogP contribution in [0.1, 0.15) is 59.8 Å². The third-order valence-electron chi connectivity index (χ3n) is 3.77. The summed E-state index contributed by atoms with van der Waals surface area (Å²) in [5.74, 6) is 1.12. The van der Waals surface area contributed by atoms with E-state index < -0.39 is 0 Å². The molecule has 0 bridgehead atoms. The predicted molar refractivity (Wildman–Crippen MR) is 76.2 cm³/mol. The number of nitrogens with one attached hydrogen (secondary N) is 1. The molecule has 1 amide bonds. The van der Waals surface area contributed by atoms with Gasteiger partial charge in [-0.3, -0.25) is 4.79 Å². The normalized spacial score (nSPS) is 26.1. The first-order valence-electron chi connectivity index (χ1n) is 7.30. The van der Waals surface area contributed by atoms with Crippen molar-refractivity contribution in [2.24, 2.45) is 23.0 Å². The van der Waals surface area contributed by atoms with Crippen molar-refractivity contribution < 1.29 is 4.79 Å². The molecule has 0 heterocycles. The Morgan fingerprint density at radius 1 is 1.39 bits per heavy atom. The quantitative estimate of drug-likeness (QED) is 0.792. The van der Waals surface area contributed by atoms with E-state index in [1.54, 1.807) is 0 Å². The Morgan fingerprint density at radius 3 is 2.56 bits per heavy atom. The Morgan fingerprint density at radius 2 is 2.06 bits per heavy atom. The number of carbonyl (C=O) groups is 1. The van der Waals surface area contributed by atoms with Crippen molar-refractivity contribution in [2.45, 2.75) is 65.8 Å². The van der Waals surface area contributed by atoms with E-state index in [0.29, 0.717) is 23.7 Å². The molecule has 1 rings (SSSR count). The zero-order valence-electron chi connectivity index (χ0n) is 12.5. The molecule has 1 fully saturated rings. The van der Waals surface area contributed by atoms with Gasteiger partial charge in [-0.25, -0.2) is 0 Å². The zero-order chi connectivity index (χ0) is 13.8. The molecule has 3 unspecified atom stereocenters. The van der Waals surface area contributed by atoms with Crippen molar-refractivity contribution in [2.75, 3.05) is 6.54 Å². The smallest absolute Gasteiger partial charge is 0.220 e. The fraction of sp³-hybridized carbons (Fsp3) is 0.933. The second-order valence-corrected chi connectivity index (χ2v) is 7.23. The molecule has 1 aliphatic rings. The summed E-state index contributed by atoms with van der Waals surface area (Å²) in [7, 11) is 0. The van der Waals surface area contributed by atoms with Gasteiger partial charge in [0, 0.05) is 19.0 Å². The van der Waals surface area contributed by atoms with E-state index in [-0.39, 0.29) is 11.9 Å². The summed E-state index contributed by atoms with van der Waals surface area (Å²) in [5, 5.41) is 3.05. The van der Waals surface area contributed by atoms with Crippen LogP contribution in [0.4, 0.5) is 0 Å². The summed E-state index contributed by atoms with van der Waals surface area (Å²) >= 11 is 0. The van der Waals surface area contributed by atoms with Crippen LogP contribution >= 0.6 is 0 Å². The van der Waals surface area contributed by atoms with Crippen LogP contribution in [0.25, 0.3) is 0 Å². The minimum Gasteiger partial charge on any atom is -0.356 e. The number of carbonyl (C=O) groups excluding carboxylic acids is 1. The number of rotatable bonds is 5. The van der Waals surface area contributed by atoms with Crippen molar-refractivity contribution in [3.05, 3.63) is 0 Å². The van der Waals surface area contributed by atoms with Gasteiger partial charge in [0.15, 0.2) is 0 Å². The zero-order valence-corrected chi connectivity index (χ0v) is 12.5. The van der Waals surface area contributed by atoms with Gasteiger partial charge in [-0.2, -0.15) is 0 Å². The highest BCUT2D eigenvalue weighted by molar-refractivity contribution is 5.76. The largest absolute Gasteiger partial charge is 0.356 e. The predicted octanol–water partition coefficient (Wildman–Crippen LogP) is 2.69. The van der Waals surface area contributed by atoms with E-state index in [1.165, 1.54) is 12.8 Å². The van der Waals surface area contributed by atoms with Crippen LogP contribution in [-0.2, 0) is 4.79 Å². The average molecular weight is 254 g/mol. The third kappa shape index (κ3) is 5.85. The van der Waals surface area contributed by atoms with E-state index in [0.717, 1.165) is 19.4 Å². The molecule has 3 atom stereocenters. The van der Waals surface area contributed by atoms with Crippen LogP contribution in [0.2, 0.25) is 0 Å². The van der Waals surface area contributed by atoms with E-state index in [2.05, 4.69) is 33.0 Å². The van der Waals surface area contributed by atoms with Gasteiger partial charge in [0.25, 0.3) is 0 Å². The summed E-state index contributed by atoms with van der Waals surface area (Å²) in [5.41, 5.74) is 6.30. The standard InChI is InChI=1S/C15H30N2O/c1-11(9-15(2,3)4)8-14(18)17-10-12-6-5-7-13(12)16/h11-13H,5-10,16H2,1-4H3,(H,17,18). The molecule has 3 N–H and O–H groups in total. The van der Waals surface area contributed by atoms with Crippen molar-refractivity contribution >= 4 is 5.91 Å². The number of amides is 1. The van der Waals surface area contributed by atoms with Crippen LogP contribution in [0.15, 0.2) is 0 Å². The lowest BCUT2D eigenvalue weighted by molar-refractivity contribution is -0.122. The number of hydrogen-bond donors (Lipinski definition) is 2. The maximum atomic E-state index is 11.9. The lowest BCUT2D eigenvalue weighted by atomic mass is 9.84. The van der Waals surface area contributed by atoms with Crippen LogP contribution in [0, 0.1) is 17.3 Å². The average Bonchev–Trinajstić information content (AvgIpc) is 2.57. The lowest BCUT2D eigenvalue weighted by Gasteiger charge is -2.23. The van der Waals surface area contributed by atoms with Crippen LogP contribution in [0.5, 0.6) is 0 Å². The number of hydrogen-bond acceptors (Lipinski definition) is 2. The topological polar surface area (TPSA) is 55.1 Å². The minimum atomic E-state index is 0.186. The van der Waals surface area contributed by atoms with Crippen molar-refractivity contribution in [1.82, 2.24) is 5.32 Å². The molecule has 0 aromatic carbocycles. The molecule has 0 saturated heterocycles. The van der Waals surface area contributed by atoms with Gasteiger partial charge < -0.3 is 11.1 Å². The molecule has 1 saturated carbocycles. The maximum Gasteiger partial charge on any atom is 0.220 e. The Hall–Kier alpha value is -0.570. The molecule has 18 heavy (non-hydrogen) atoms. The number of nitrogens with two attached hydrogens (primary N) is 1. The van der Waals surface area contributed by atoms with E-state index in [4.69, 9.17) is 5.73 Å².